The van der Waals surface area contributed by atoms with Crippen LogP contribution in [0.25, 0.3) is 6.08 Å². The van der Waals surface area contributed by atoms with E-state index < -0.39 is 11.9 Å². The van der Waals surface area contributed by atoms with E-state index in [2.05, 4.69) is 11.9 Å². The Labute approximate surface area is 185 Å². The van der Waals surface area contributed by atoms with Crippen LogP contribution in [0.1, 0.15) is 11.1 Å². The fourth-order valence-corrected chi connectivity index (χ4v) is 2.72. The van der Waals surface area contributed by atoms with Gasteiger partial charge in [-0.15, -0.1) is 6.58 Å². The smallest absolute Gasteiger partial charge is 0.349 e. The maximum Gasteiger partial charge on any atom is 0.349 e. The molecule has 0 aliphatic carbocycles. The second-order valence-electron chi connectivity index (χ2n) is 6.25. The molecule has 2 rings (SSSR count). The summed E-state index contributed by atoms with van der Waals surface area (Å²) in [6.07, 6.45) is 2.91. The van der Waals surface area contributed by atoms with Crippen LogP contribution in [0.3, 0.4) is 0 Å². The Hall–Kier alpha value is -3.76. The quantitative estimate of drug-likeness (QED) is 0.209. The molecule has 0 radical (unpaired) electrons. The number of ether oxygens (including phenoxy) is 3. The number of methoxy groups -OCH3 is 1. The lowest BCUT2D eigenvalue weighted by Crippen LogP contribution is -2.24. The third kappa shape index (κ3) is 6.91. The summed E-state index contributed by atoms with van der Waals surface area (Å²) in [6.45, 7) is 5.25. The second kappa shape index (κ2) is 11.4. The number of hydrogen-bond acceptors (Lipinski definition) is 6. The summed E-state index contributed by atoms with van der Waals surface area (Å²) in [5.41, 5.74) is 1.23. The highest BCUT2D eigenvalue weighted by Gasteiger charge is 2.14. The molecule has 1 N–H and O–H groups in total. The van der Waals surface area contributed by atoms with Gasteiger partial charge in [-0.1, -0.05) is 23.7 Å². The van der Waals surface area contributed by atoms with E-state index in [0.29, 0.717) is 16.3 Å². The van der Waals surface area contributed by atoms with Crippen molar-refractivity contribution in [3.63, 3.8) is 0 Å². The SMILES string of the molecule is C=CCNC(=O)/C(C#N)=C/c1ccc(OC(=O)COc2ccc(Cl)cc2C)c(OC)c1. The van der Waals surface area contributed by atoms with E-state index >= 15 is 0 Å². The molecule has 0 saturated carbocycles. The van der Waals surface area contributed by atoms with Crippen LogP contribution < -0.4 is 19.5 Å². The standard InChI is InChI=1S/C23H21ClN2O5/c1-4-9-26-23(28)17(13-25)11-16-5-7-20(21(12-16)29-3)31-22(27)14-30-19-8-6-18(24)10-15(19)2/h4-8,10-12H,1,9,14H2,2-3H3,(H,26,28)/b17-11+. The number of esters is 1. The predicted molar refractivity (Wildman–Crippen MR) is 117 cm³/mol. The molecule has 2 aromatic carbocycles. The number of carbonyl (C=O) groups excluding carboxylic acids is 2. The highest BCUT2D eigenvalue weighted by Crippen LogP contribution is 2.29. The molecule has 0 fully saturated rings. The van der Waals surface area contributed by atoms with E-state index in [9.17, 15) is 14.9 Å². The summed E-state index contributed by atoms with van der Waals surface area (Å²) in [6, 6.07) is 11.6. The second-order valence-corrected chi connectivity index (χ2v) is 6.69. The monoisotopic (exact) mass is 440 g/mol. The zero-order chi connectivity index (χ0) is 22.8. The summed E-state index contributed by atoms with van der Waals surface area (Å²) in [5.74, 6) is -0.194. The van der Waals surface area contributed by atoms with Crippen molar-refractivity contribution in [1.29, 1.82) is 5.26 Å². The molecule has 0 spiro atoms. The number of aryl methyl sites for hydroxylation is 1. The average Bonchev–Trinajstić information content (AvgIpc) is 2.75. The van der Waals surface area contributed by atoms with Gasteiger partial charge in [-0.25, -0.2) is 4.79 Å². The predicted octanol–water partition coefficient (Wildman–Crippen LogP) is 3.85. The topological polar surface area (TPSA) is 97.7 Å². The van der Waals surface area contributed by atoms with Crippen molar-refractivity contribution >= 4 is 29.6 Å². The van der Waals surface area contributed by atoms with Crippen molar-refractivity contribution in [2.75, 3.05) is 20.3 Å². The van der Waals surface area contributed by atoms with Gasteiger partial charge in [0.15, 0.2) is 18.1 Å². The van der Waals surface area contributed by atoms with Crippen molar-refractivity contribution in [2.24, 2.45) is 0 Å². The number of rotatable bonds is 9. The molecule has 1 amide bonds. The Balaban J connectivity index is 2.09. The number of nitrogens with zero attached hydrogens (tertiary/aromatic N) is 1. The zero-order valence-electron chi connectivity index (χ0n) is 17.1. The molecule has 31 heavy (non-hydrogen) atoms. The molecule has 8 heteroatoms. The number of halogens is 1. The van der Waals surface area contributed by atoms with E-state index in [-0.39, 0.29) is 30.2 Å². The van der Waals surface area contributed by atoms with Crippen molar-refractivity contribution < 1.29 is 23.8 Å². The van der Waals surface area contributed by atoms with Crippen molar-refractivity contribution in [3.05, 3.63) is 70.8 Å². The highest BCUT2D eigenvalue weighted by atomic mass is 35.5. The van der Waals surface area contributed by atoms with Crippen molar-refractivity contribution in [3.8, 4) is 23.3 Å². The van der Waals surface area contributed by atoms with Gasteiger partial charge in [-0.3, -0.25) is 4.79 Å². The normalized spacial score (nSPS) is 10.6. The minimum atomic E-state index is -0.627. The number of benzene rings is 2. The Morgan fingerprint density at radius 2 is 1.94 bits per heavy atom. The molecule has 0 bridgehead atoms. The van der Waals surface area contributed by atoms with E-state index in [4.69, 9.17) is 25.8 Å². The molecule has 0 unspecified atom stereocenters. The van der Waals surface area contributed by atoms with Gasteiger partial charge in [-0.2, -0.15) is 5.26 Å². The van der Waals surface area contributed by atoms with E-state index in [0.717, 1.165) is 5.56 Å². The Bertz CT molecular complexity index is 1060. The van der Waals surface area contributed by atoms with Gasteiger partial charge >= 0.3 is 5.97 Å². The largest absolute Gasteiger partial charge is 0.493 e. The lowest BCUT2D eigenvalue weighted by atomic mass is 10.1. The van der Waals surface area contributed by atoms with Crippen LogP contribution in [0, 0.1) is 18.3 Å². The summed E-state index contributed by atoms with van der Waals surface area (Å²) in [4.78, 5) is 24.2. The Morgan fingerprint density at radius 3 is 2.58 bits per heavy atom. The van der Waals surface area contributed by atoms with E-state index in [1.807, 2.05) is 13.0 Å². The highest BCUT2D eigenvalue weighted by molar-refractivity contribution is 6.30. The van der Waals surface area contributed by atoms with Gasteiger partial charge in [0.1, 0.15) is 17.4 Å². The van der Waals surface area contributed by atoms with E-state index in [1.165, 1.54) is 25.3 Å². The molecule has 0 aromatic heterocycles. The van der Waals surface area contributed by atoms with Gasteiger partial charge in [0.25, 0.3) is 5.91 Å². The minimum absolute atomic E-state index is 0.0830. The Morgan fingerprint density at radius 1 is 1.19 bits per heavy atom. The molecule has 0 aliphatic heterocycles. The first-order chi connectivity index (χ1) is 14.9. The average molecular weight is 441 g/mol. The van der Waals surface area contributed by atoms with Gasteiger partial charge < -0.3 is 19.5 Å². The van der Waals surface area contributed by atoms with Gasteiger partial charge in [-0.05, 0) is 54.5 Å². The fourth-order valence-electron chi connectivity index (χ4n) is 2.50. The van der Waals surface area contributed by atoms with Crippen LogP contribution in [0.5, 0.6) is 17.2 Å². The number of nitrogens with one attached hydrogen (secondary N) is 1. The number of hydrogen-bond donors (Lipinski definition) is 1. The number of carbonyl (C=O) groups is 2. The van der Waals surface area contributed by atoms with Gasteiger partial charge in [0, 0.05) is 11.6 Å². The first-order valence-electron chi connectivity index (χ1n) is 9.16. The number of amides is 1. The van der Waals surface area contributed by atoms with E-state index in [1.54, 1.807) is 30.3 Å². The summed E-state index contributed by atoms with van der Waals surface area (Å²) < 4.78 is 16.1. The Kier molecular flexibility index (Phi) is 8.67. The molecular weight excluding hydrogens is 420 g/mol. The molecule has 7 nitrogen and oxygen atoms in total. The fraction of sp³-hybridized carbons (Fsp3) is 0.174. The van der Waals surface area contributed by atoms with Crippen LogP contribution >= 0.6 is 11.6 Å². The molecule has 0 aliphatic rings. The molecule has 2 aromatic rings. The summed E-state index contributed by atoms with van der Waals surface area (Å²) >= 11 is 5.90. The summed E-state index contributed by atoms with van der Waals surface area (Å²) in [5, 5.41) is 12.3. The lowest BCUT2D eigenvalue weighted by molar-refractivity contribution is -0.136. The first-order valence-corrected chi connectivity index (χ1v) is 9.54. The molecular formula is C23H21ClN2O5. The van der Waals surface area contributed by atoms with Gasteiger partial charge in [0.2, 0.25) is 0 Å². The lowest BCUT2D eigenvalue weighted by Gasteiger charge is -2.12. The maximum absolute atomic E-state index is 12.2. The van der Waals surface area contributed by atoms with Gasteiger partial charge in [0.05, 0.1) is 7.11 Å². The van der Waals surface area contributed by atoms with Crippen molar-refractivity contribution in [1.82, 2.24) is 5.32 Å². The summed E-state index contributed by atoms with van der Waals surface area (Å²) in [7, 11) is 1.41. The van der Waals surface area contributed by atoms with Crippen LogP contribution in [0.2, 0.25) is 5.02 Å². The third-order valence-electron chi connectivity index (χ3n) is 3.98. The molecule has 0 heterocycles. The molecule has 160 valence electrons. The third-order valence-corrected chi connectivity index (χ3v) is 4.21. The van der Waals surface area contributed by atoms with Crippen LogP contribution in [0.15, 0.2) is 54.6 Å². The van der Waals surface area contributed by atoms with Crippen LogP contribution in [-0.4, -0.2) is 32.1 Å². The first kappa shape index (κ1) is 23.5. The van der Waals surface area contributed by atoms with Crippen molar-refractivity contribution in [2.45, 2.75) is 6.92 Å². The molecule has 0 saturated heterocycles. The zero-order valence-corrected chi connectivity index (χ0v) is 17.9. The van der Waals surface area contributed by atoms with Crippen LogP contribution in [-0.2, 0) is 9.59 Å². The minimum Gasteiger partial charge on any atom is -0.493 e. The number of nitriles is 1. The molecule has 0 atom stereocenters. The van der Waals surface area contributed by atoms with Crippen LogP contribution in [0.4, 0.5) is 0 Å². The maximum atomic E-state index is 12.2.